The predicted molar refractivity (Wildman–Crippen MR) is 101 cm³/mol. The molecule has 0 spiro atoms. The molecule has 1 atom stereocenters. The van der Waals surface area contributed by atoms with Gasteiger partial charge in [0.05, 0.1) is 6.04 Å². The number of nitrogens with zero attached hydrogens (tertiary/aromatic N) is 5. The fourth-order valence-corrected chi connectivity index (χ4v) is 4.01. The van der Waals surface area contributed by atoms with Gasteiger partial charge in [-0.05, 0) is 50.7 Å². The number of aromatic nitrogens is 3. The van der Waals surface area contributed by atoms with E-state index in [-0.39, 0.29) is 18.3 Å². The minimum atomic E-state index is -0.325. The summed E-state index contributed by atoms with van der Waals surface area (Å²) in [6.07, 6.45) is 4.22. The smallest absolute Gasteiger partial charge is 0.260 e. The van der Waals surface area contributed by atoms with Gasteiger partial charge in [-0.2, -0.15) is 0 Å². The van der Waals surface area contributed by atoms with Crippen molar-refractivity contribution in [1.29, 1.82) is 0 Å². The van der Waals surface area contributed by atoms with Crippen LogP contribution in [0.2, 0.25) is 0 Å². The Morgan fingerprint density at radius 3 is 2.75 bits per heavy atom. The molecule has 7 nitrogen and oxygen atoms in total. The minimum Gasteiger partial charge on any atom is -0.484 e. The fraction of sp³-hybridized carbons (Fsp3) is 0.550. The van der Waals surface area contributed by atoms with Gasteiger partial charge in [0, 0.05) is 26.1 Å². The maximum Gasteiger partial charge on any atom is 0.260 e. The zero-order chi connectivity index (χ0) is 19.5. The van der Waals surface area contributed by atoms with E-state index >= 15 is 0 Å². The first-order valence-corrected chi connectivity index (χ1v) is 9.90. The van der Waals surface area contributed by atoms with Crippen LogP contribution < -0.4 is 4.74 Å². The summed E-state index contributed by atoms with van der Waals surface area (Å²) in [6, 6.07) is 6.00. The molecule has 150 valence electrons. The lowest BCUT2D eigenvalue weighted by Crippen LogP contribution is -2.37. The van der Waals surface area contributed by atoms with Crippen LogP contribution in [0.1, 0.15) is 37.0 Å². The zero-order valence-corrected chi connectivity index (χ0v) is 16.2. The third-order valence-electron chi connectivity index (χ3n) is 5.65. The summed E-state index contributed by atoms with van der Waals surface area (Å²) in [6.45, 7) is 2.94. The molecule has 3 heterocycles. The normalized spacial score (nSPS) is 20.5. The number of carbonyl (C=O) groups excluding carboxylic acids is 1. The van der Waals surface area contributed by atoms with E-state index in [0.29, 0.717) is 37.8 Å². The van der Waals surface area contributed by atoms with Crippen LogP contribution in [0, 0.1) is 5.82 Å². The average molecular weight is 387 g/mol. The third kappa shape index (κ3) is 4.01. The highest BCUT2D eigenvalue weighted by atomic mass is 19.1. The summed E-state index contributed by atoms with van der Waals surface area (Å²) < 4.78 is 20.7. The zero-order valence-electron chi connectivity index (χ0n) is 16.2. The van der Waals surface area contributed by atoms with E-state index in [0.717, 1.165) is 24.6 Å². The minimum absolute atomic E-state index is 0.0512. The summed E-state index contributed by atoms with van der Waals surface area (Å²) in [5.74, 6) is 2.06. The summed E-state index contributed by atoms with van der Waals surface area (Å²) in [7, 11) is 2.14. The van der Waals surface area contributed by atoms with Crippen LogP contribution in [-0.4, -0.2) is 63.8 Å². The number of likely N-dealkylation sites (tertiary alicyclic amines) is 1. The van der Waals surface area contributed by atoms with Crippen LogP contribution >= 0.6 is 0 Å². The molecule has 2 aliphatic heterocycles. The predicted octanol–water partition coefficient (Wildman–Crippen LogP) is 2.04. The van der Waals surface area contributed by atoms with Crippen LogP contribution in [0.4, 0.5) is 4.39 Å². The number of halogens is 1. The van der Waals surface area contributed by atoms with Crippen molar-refractivity contribution in [2.75, 3.05) is 33.3 Å². The van der Waals surface area contributed by atoms with Gasteiger partial charge in [0.25, 0.3) is 5.91 Å². The number of fused-ring (bicyclic) bond motifs is 1. The first kappa shape index (κ1) is 18.9. The third-order valence-corrected chi connectivity index (χ3v) is 5.65. The van der Waals surface area contributed by atoms with Gasteiger partial charge in [-0.25, -0.2) is 4.39 Å². The molecule has 1 unspecified atom stereocenters. The van der Waals surface area contributed by atoms with Crippen molar-refractivity contribution in [3.05, 3.63) is 41.7 Å². The number of hydrogen-bond donors (Lipinski definition) is 0. The molecule has 0 radical (unpaired) electrons. The lowest BCUT2D eigenvalue weighted by Gasteiger charge is -2.31. The second kappa shape index (κ2) is 8.26. The highest BCUT2D eigenvalue weighted by Crippen LogP contribution is 2.29. The number of rotatable bonds is 4. The molecule has 1 amide bonds. The Labute approximate surface area is 164 Å². The molecule has 0 aliphatic carbocycles. The molecule has 8 heteroatoms. The second-order valence-electron chi connectivity index (χ2n) is 7.49. The molecule has 28 heavy (non-hydrogen) atoms. The molecule has 0 bridgehead atoms. The molecule has 1 saturated heterocycles. The Hall–Kier alpha value is -2.48. The van der Waals surface area contributed by atoms with Crippen LogP contribution in [0.3, 0.4) is 0 Å². The maximum atomic E-state index is 13.0. The molecule has 0 N–H and O–H groups in total. The van der Waals surface area contributed by atoms with Gasteiger partial charge >= 0.3 is 0 Å². The standard InChI is InChI=1S/C20H26FN5O2/c1-24-10-3-2-4-17(24)20-23-22-18-9-11-25(12-13-26(18)20)19(27)14-28-16-7-5-15(21)6-8-16/h5-8,17H,2-4,9-14H2,1H3. The lowest BCUT2D eigenvalue weighted by molar-refractivity contribution is -0.133. The van der Waals surface area contributed by atoms with Crippen molar-refractivity contribution in [1.82, 2.24) is 24.6 Å². The molecule has 1 aromatic heterocycles. The molecule has 4 rings (SSSR count). The molecule has 2 aromatic rings. The lowest BCUT2D eigenvalue weighted by atomic mass is 10.0. The van der Waals surface area contributed by atoms with Gasteiger partial charge in [-0.1, -0.05) is 6.42 Å². The van der Waals surface area contributed by atoms with Gasteiger partial charge < -0.3 is 14.2 Å². The Bertz CT molecular complexity index is 823. The Morgan fingerprint density at radius 1 is 1.14 bits per heavy atom. The summed E-state index contributed by atoms with van der Waals surface area (Å²) in [5, 5.41) is 8.88. The number of hydrogen-bond acceptors (Lipinski definition) is 5. The van der Waals surface area contributed by atoms with E-state index in [9.17, 15) is 9.18 Å². The summed E-state index contributed by atoms with van der Waals surface area (Å²) in [4.78, 5) is 16.7. The van der Waals surface area contributed by atoms with Crippen molar-refractivity contribution in [2.45, 2.75) is 38.3 Å². The summed E-state index contributed by atoms with van der Waals surface area (Å²) >= 11 is 0. The number of piperidine rings is 1. The van der Waals surface area contributed by atoms with E-state index < -0.39 is 0 Å². The van der Waals surface area contributed by atoms with Crippen molar-refractivity contribution in [3.63, 3.8) is 0 Å². The molecule has 0 saturated carbocycles. The van der Waals surface area contributed by atoms with Gasteiger partial charge in [-0.3, -0.25) is 9.69 Å². The van der Waals surface area contributed by atoms with E-state index in [1.807, 2.05) is 4.90 Å². The first-order valence-electron chi connectivity index (χ1n) is 9.90. The Morgan fingerprint density at radius 2 is 1.96 bits per heavy atom. The number of ether oxygens (including phenoxy) is 1. The second-order valence-corrected chi connectivity index (χ2v) is 7.49. The van der Waals surface area contributed by atoms with Gasteiger partial charge in [0.15, 0.2) is 6.61 Å². The Kier molecular flexibility index (Phi) is 5.57. The highest BCUT2D eigenvalue weighted by Gasteiger charge is 2.29. The van der Waals surface area contributed by atoms with Gasteiger partial charge in [-0.15, -0.1) is 10.2 Å². The molecular weight excluding hydrogens is 361 g/mol. The van der Waals surface area contributed by atoms with Crippen LogP contribution in [0.5, 0.6) is 5.75 Å². The van der Waals surface area contributed by atoms with Gasteiger partial charge in [0.1, 0.15) is 23.2 Å². The van der Waals surface area contributed by atoms with Crippen LogP contribution in [0.25, 0.3) is 0 Å². The highest BCUT2D eigenvalue weighted by molar-refractivity contribution is 5.77. The van der Waals surface area contributed by atoms with Gasteiger partial charge in [0.2, 0.25) is 0 Å². The fourth-order valence-electron chi connectivity index (χ4n) is 4.01. The van der Waals surface area contributed by atoms with Crippen LogP contribution in [0.15, 0.2) is 24.3 Å². The number of benzene rings is 1. The van der Waals surface area contributed by atoms with E-state index in [1.54, 1.807) is 0 Å². The molecule has 1 aromatic carbocycles. The first-order chi connectivity index (χ1) is 13.6. The number of amides is 1. The maximum absolute atomic E-state index is 13.0. The molecule has 1 fully saturated rings. The molecule has 2 aliphatic rings. The van der Waals surface area contributed by atoms with Crippen molar-refractivity contribution >= 4 is 5.91 Å². The SMILES string of the molecule is CN1CCCCC1c1nnc2n1CCN(C(=O)COc1ccc(F)cc1)CC2. The van der Waals surface area contributed by atoms with Crippen LogP contribution in [-0.2, 0) is 17.8 Å². The number of carbonyl (C=O) groups is 1. The van der Waals surface area contributed by atoms with E-state index in [2.05, 4.69) is 26.7 Å². The van der Waals surface area contributed by atoms with E-state index in [1.165, 1.54) is 37.1 Å². The van der Waals surface area contributed by atoms with Crippen molar-refractivity contribution in [2.24, 2.45) is 0 Å². The average Bonchev–Trinajstić information content (AvgIpc) is 2.98. The largest absolute Gasteiger partial charge is 0.484 e. The van der Waals surface area contributed by atoms with Crippen molar-refractivity contribution in [3.8, 4) is 5.75 Å². The monoisotopic (exact) mass is 387 g/mol. The molecular formula is C20H26FN5O2. The quantitative estimate of drug-likeness (QED) is 0.803. The topological polar surface area (TPSA) is 63.5 Å². The van der Waals surface area contributed by atoms with E-state index in [4.69, 9.17) is 4.74 Å². The summed E-state index contributed by atoms with van der Waals surface area (Å²) in [5.41, 5.74) is 0. The Balaban J connectivity index is 1.37. The van der Waals surface area contributed by atoms with Crippen molar-refractivity contribution < 1.29 is 13.9 Å².